The van der Waals surface area contributed by atoms with Crippen LogP contribution in [0.5, 0.6) is 11.6 Å². The molecule has 0 spiro atoms. The number of hydrogen-bond donors (Lipinski definition) is 1. The van der Waals surface area contributed by atoms with Crippen LogP contribution in [0.4, 0.5) is 4.39 Å². The summed E-state index contributed by atoms with van der Waals surface area (Å²) in [5, 5.41) is 0. The van der Waals surface area contributed by atoms with Crippen molar-refractivity contribution < 1.29 is 17.5 Å². The number of aromatic amines is 1. The van der Waals surface area contributed by atoms with Gasteiger partial charge in [-0.25, -0.2) is 32.7 Å². The number of imidazole rings is 1. The second-order valence-electron chi connectivity index (χ2n) is 9.65. The number of hydrogen-bond acceptors (Lipinski definition) is 7. The van der Waals surface area contributed by atoms with E-state index in [2.05, 4.69) is 15.0 Å². The average Bonchev–Trinajstić information content (AvgIpc) is 3.32. The number of rotatable bonds is 4. The van der Waals surface area contributed by atoms with Crippen LogP contribution in [0, 0.1) is 5.82 Å². The molecular weight excluding hydrogens is 493 g/mol. The Morgan fingerprint density at radius 2 is 1.78 bits per heavy atom. The van der Waals surface area contributed by atoms with E-state index in [0.717, 1.165) is 11.8 Å². The molecule has 1 atom stereocenters. The molecule has 3 aromatic heterocycles. The van der Waals surface area contributed by atoms with Crippen molar-refractivity contribution in [3.05, 3.63) is 89.9 Å². The molecule has 5 aromatic rings. The number of H-pyrrole nitrogens is 1. The molecule has 1 aliphatic rings. The SMILES string of the molecule is CC(C)(c1nc2ncncc2[nH]1)C1c2ccc(-c3ccc(S(C)(=O)=O)cc3)nc2Oc2c(F)cccc21. The van der Waals surface area contributed by atoms with Crippen LogP contribution in [-0.4, -0.2) is 39.6 Å². The van der Waals surface area contributed by atoms with Gasteiger partial charge in [0.15, 0.2) is 27.1 Å². The van der Waals surface area contributed by atoms with Crippen molar-refractivity contribution in [1.29, 1.82) is 0 Å². The number of aromatic nitrogens is 5. The maximum absolute atomic E-state index is 15.0. The summed E-state index contributed by atoms with van der Waals surface area (Å²) in [6.07, 6.45) is 4.28. The minimum Gasteiger partial charge on any atom is -0.435 e. The molecule has 186 valence electrons. The number of benzene rings is 2. The van der Waals surface area contributed by atoms with Gasteiger partial charge in [0.1, 0.15) is 17.7 Å². The van der Waals surface area contributed by atoms with Crippen molar-refractivity contribution in [3.63, 3.8) is 0 Å². The van der Waals surface area contributed by atoms with E-state index in [9.17, 15) is 8.42 Å². The van der Waals surface area contributed by atoms with Gasteiger partial charge in [-0.1, -0.05) is 44.2 Å². The Labute approximate surface area is 212 Å². The number of pyridine rings is 1. The monoisotopic (exact) mass is 515 g/mol. The molecule has 0 fully saturated rings. The first kappa shape index (κ1) is 23.2. The van der Waals surface area contributed by atoms with E-state index < -0.39 is 21.1 Å². The van der Waals surface area contributed by atoms with Gasteiger partial charge in [-0.2, -0.15) is 0 Å². The number of nitrogens with zero attached hydrogens (tertiary/aromatic N) is 4. The van der Waals surface area contributed by atoms with Crippen molar-refractivity contribution >= 4 is 21.0 Å². The average molecular weight is 516 g/mol. The third kappa shape index (κ3) is 3.84. The molecule has 37 heavy (non-hydrogen) atoms. The first-order valence-electron chi connectivity index (χ1n) is 11.6. The van der Waals surface area contributed by atoms with Crippen molar-refractivity contribution in [2.45, 2.75) is 30.1 Å². The van der Waals surface area contributed by atoms with E-state index in [0.29, 0.717) is 33.8 Å². The molecule has 0 saturated carbocycles. The van der Waals surface area contributed by atoms with Gasteiger partial charge in [0, 0.05) is 34.3 Å². The standard InChI is InChI=1S/C27H22FN5O3S/c1-27(2,26-32-21-13-29-14-30-24(21)33-26)22-17-5-4-6-19(28)23(17)36-25-18(22)11-12-20(31-25)15-7-9-16(10-8-15)37(3,34)35/h4-14,22H,1-3H3,(H,29,30,32,33). The number of sulfone groups is 1. The van der Waals surface area contributed by atoms with Gasteiger partial charge in [0.05, 0.1) is 16.8 Å². The van der Waals surface area contributed by atoms with Crippen molar-refractivity contribution in [1.82, 2.24) is 24.9 Å². The summed E-state index contributed by atoms with van der Waals surface area (Å²) in [5.74, 6) is 0.266. The van der Waals surface area contributed by atoms with Crippen LogP contribution >= 0.6 is 0 Å². The second kappa shape index (κ2) is 8.17. The minimum absolute atomic E-state index is 0.126. The Morgan fingerprint density at radius 1 is 1.00 bits per heavy atom. The number of fused-ring (bicyclic) bond motifs is 3. The molecule has 0 saturated heterocycles. The van der Waals surface area contributed by atoms with E-state index >= 15 is 4.39 Å². The molecule has 6 rings (SSSR count). The fourth-order valence-electron chi connectivity index (χ4n) is 4.89. The zero-order chi connectivity index (χ0) is 25.9. The van der Waals surface area contributed by atoms with E-state index in [-0.39, 0.29) is 22.4 Å². The van der Waals surface area contributed by atoms with E-state index in [1.807, 2.05) is 32.0 Å². The zero-order valence-corrected chi connectivity index (χ0v) is 21.0. The van der Waals surface area contributed by atoms with Gasteiger partial charge in [-0.3, -0.25) is 0 Å². The Morgan fingerprint density at radius 3 is 2.51 bits per heavy atom. The molecule has 0 amide bonds. The first-order chi connectivity index (χ1) is 17.6. The lowest BCUT2D eigenvalue weighted by atomic mass is 9.69. The van der Waals surface area contributed by atoms with Gasteiger partial charge in [0.2, 0.25) is 5.88 Å². The highest BCUT2D eigenvalue weighted by molar-refractivity contribution is 7.90. The number of nitrogens with one attached hydrogen (secondary N) is 1. The van der Waals surface area contributed by atoms with Gasteiger partial charge in [-0.05, 0) is 24.3 Å². The van der Waals surface area contributed by atoms with Crippen LogP contribution in [0.2, 0.25) is 0 Å². The summed E-state index contributed by atoms with van der Waals surface area (Å²) in [6, 6.07) is 15.1. The highest BCUT2D eigenvalue weighted by Crippen LogP contribution is 2.52. The van der Waals surface area contributed by atoms with Gasteiger partial charge in [-0.15, -0.1) is 0 Å². The number of halogens is 1. The fraction of sp³-hybridized carbons (Fsp3) is 0.185. The lowest BCUT2D eigenvalue weighted by Crippen LogP contribution is -2.32. The highest BCUT2D eigenvalue weighted by Gasteiger charge is 2.43. The molecule has 2 aromatic carbocycles. The second-order valence-corrected chi connectivity index (χ2v) is 11.7. The Balaban J connectivity index is 1.49. The Kier molecular flexibility index (Phi) is 5.13. The van der Waals surface area contributed by atoms with Crippen LogP contribution in [-0.2, 0) is 15.3 Å². The molecule has 0 bridgehead atoms. The van der Waals surface area contributed by atoms with Crippen LogP contribution in [0.3, 0.4) is 0 Å². The lowest BCUT2D eigenvalue weighted by Gasteiger charge is -2.37. The topological polar surface area (TPSA) is 111 Å². The molecule has 1 unspecified atom stereocenters. The van der Waals surface area contributed by atoms with Crippen molar-refractivity contribution in [2.75, 3.05) is 6.26 Å². The zero-order valence-electron chi connectivity index (χ0n) is 20.2. The summed E-state index contributed by atoms with van der Waals surface area (Å²) in [7, 11) is -3.32. The lowest BCUT2D eigenvalue weighted by molar-refractivity contribution is 0.353. The Hall–Kier alpha value is -4.18. The summed E-state index contributed by atoms with van der Waals surface area (Å²) in [4.78, 5) is 21.3. The smallest absolute Gasteiger partial charge is 0.223 e. The van der Waals surface area contributed by atoms with Gasteiger partial charge < -0.3 is 9.72 Å². The normalized spacial score (nSPS) is 15.2. The number of ether oxygens (including phenoxy) is 1. The summed E-state index contributed by atoms with van der Waals surface area (Å²) < 4.78 is 44.7. The number of para-hydroxylation sites is 1. The van der Waals surface area contributed by atoms with Crippen LogP contribution in [0.15, 0.2) is 72.0 Å². The van der Waals surface area contributed by atoms with Crippen LogP contribution in [0.25, 0.3) is 22.4 Å². The van der Waals surface area contributed by atoms with E-state index in [1.165, 1.54) is 24.5 Å². The maximum Gasteiger partial charge on any atom is 0.223 e. The van der Waals surface area contributed by atoms with Gasteiger partial charge >= 0.3 is 0 Å². The first-order valence-corrected chi connectivity index (χ1v) is 13.5. The molecule has 1 aliphatic heterocycles. The fourth-order valence-corrected chi connectivity index (χ4v) is 5.52. The molecule has 0 radical (unpaired) electrons. The molecule has 10 heteroatoms. The largest absolute Gasteiger partial charge is 0.435 e. The van der Waals surface area contributed by atoms with Crippen LogP contribution < -0.4 is 4.74 Å². The minimum atomic E-state index is -3.32. The van der Waals surface area contributed by atoms with E-state index in [1.54, 1.807) is 24.4 Å². The van der Waals surface area contributed by atoms with Crippen molar-refractivity contribution in [2.24, 2.45) is 0 Å². The van der Waals surface area contributed by atoms with Crippen LogP contribution in [0.1, 0.15) is 36.7 Å². The molecule has 0 aliphatic carbocycles. The summed E-state index contributed by atoms with van der Waals surface area (Å²) >= 11 is 0. The molecule has 4 heterocycles. The maximum atomic E-state index is 15.0. The Bertz CT molecular complexity index is 1750. The highest BCUT2D eigenvalue weighted by atomic mass is 32.2. The third-order valence-corrected chi connectivity index (χ3v) is 7.91. The van der Waals surface area contributed by atoms with Gasteiger partial charge in [0.25, 0.3) is 0 Å². The van der Waals surface area contributed by atoms with E-state index in [4.69, 9.17) is 14.7 Å². The quantitative estimate of drug-likeness (QED) is 0.351. The predicted molar refractivity (Wildman–Crippen MR) is 136 cm³/mol. The molecular formula is C27H22FN5O3S. The summed E-state index contributed by atoms with van der Waals surface area (Å²) in [6.45, 7) is 4.06. The molecule has 8 nitrogen and oxygen atoms in total. The van der Waals surface area contributed by atoms with Crippen molar-refractivity contribution in [3.8, 4) is 22.9 Å². The third-order valence-electron chi connectivity index (χ3n) is 6.78. The predicted octanol–water partition coefficient (Wildman–Crippen LogP) is 5.17. The summed E-state index contributed by atoms with van der Waals surface area (Å²) in [5.41, 5.74) is 3.39. The molecule has 1 N–H and O–H groups in total.